The van der Waals surface area contributed by atoms with Crippen molar-refractivity contribution in [2.24, 2.45) is 0 Å². The largest absolute Gasteiger partial charge is 0.504 e. The number of sulfonamides is 1. The van der Waals surface area contributed by atoms with Crippen LogP contribution in [0.5, 0.6) is 11.5 Å². The highest BCUT2D eigenvalue weighted by Gasteiger charge is 2.35. The first kappa shape index (κ1) is 26.1. The molecule has 6 rings (SSSR count). The number of phenolic OH excluding ortho intramolecular Hbond substituents is 1. The molecule has 0 unspecified atom stereocenters. The highest BCUT2D eigenvalue weighted by atomic mass is 32.2. The lowest BCUT2D eigenvalue weighted by Gasteiger charge is -2.27. The van der Waals surface area contributed by atoms with E-state index in [9.17, 15) is 21.9 Å². The molecular weight excluding hydrogens is 548 g/mol. The van der Waals surface area contributed by atoms with E-state index in [1.807, 2.05) is 30.3 Å². The van der Waals surface area contributed by atoms with Gasteiger partial charge in [-0.2, -0.15) is 4.31 Å². The van der Waals surface area contributed by atoms with Gasteiger partial charge in [-0.25, -0.2) is 20.8 Å². The Bertz CT molecular complexity index is 1910. The molecule has 1 N–H and O–H groups in total. The van der Waals surface area contributed by atoms with Crippen molar-refractivity contribution in [3.63, 3.8) is 0 Å². The van der Waals surface area contributed by atoms with Crippen molar-refractivity contribution in [3.05, 3.63) is 120 Å². The lowest BCUT2D eigenvalue weighted by atomic mass is 10.0. The monoisotopic (exact) mass is 574 g/mol. The molecule has 8 nitrogen and oxygen atoms in total. The molecule has 40 heavy (non-hydrogen) atoms. The minimum atomic E-state index is -4.14. The van der Waals surface area contributed by atoms with Gasteiger partial charge in [-0.05, 0) is 47.9 Å². The Morgan fingerprint density at radius 3 is 1.95 bits per heavy atom. The molecule has 0 fully saturated rings. The number of phenols is 1. The number of hydrogen-bond donors (Lipinski definition) is 1. The van der Waals surface area contributed by atoms with Gasteiger partial charge >= 0.3 is 0 Å². The van der Waals surface area contributed by atoms with E-state index in [4.69, 9.17) is 4.74 Å². The van der Waals surface area contributed by atoms with Gasteiger partial charge in [0.15, 0.2) is 11.5 Å². The summed E-state index contributed by atoms with van der Waals surface area (Å²) in [6.45, 7) is 0.199. The Morgan fingerprint density at radius 2 is 1.32 bits per heavy atom. The lowest BCUT2D eigenvalue weighted by Crippen LogP contribution is -2.37. The Balaban J connectivity index is 1.51. The second kappa shape index (κ2) is 10.1. The summed E-state index contributed by atoms with van der Waals surface area (Å²) in [5.74, 6) is 0.00398. The predicted molar refractivity (Wildman–Crippen MR) is 151 cm³/mol. The van der Waals surface area contributed by atoms with E-state index in [0.717, 1.165) is 5.56 Å². The summed E-state index contributed by atoms with van der Waals surface area (Å²) in [5, 5.41) is 11.4. The van der Waals surface area contributed by atoms with Crippen LogP contribution >= 0.6 is 0 Å². The maximum Gasteiger partial charge on any atom is 0.268 e. The summed E-state index contributed by atoms with van der Waals surface area (Å²) in [5.41, 5.74) is 2.21. The van der Waals surface area contributed by atoms with Crippen LogP contribution in [0.15, 0.2) is 113 Å². The molecular formula is C30H26N2O6S2. The summed E-state index contributed by atoms with van der Waals surface area (Å²) in [7, 11) is -8.01. The van der Waals surface area contributed by atoms with Gasteiger partial charge in [-0.15, -0.1) is 0 Å². The van der Waals surface area contributed by atoms with Crippen LogP contribution in [0.4, 0.5) is 0 Å². The van der Waals surface area contributed by atoms with E-state index in [0.29, 0.717) is 22.2 Å². The van der Waals surface area contributed by atoms with E-state index < -0.39 is 20.0 Å². The third kappa shape index (κ3) is 4.53. The van der Waals surface area contributed by atoms with Crippen molar-refractivity contribution in [2.45, 2.75) is 29.4 Å². The Kier molecular flexibility index (Phi) is 6.61. The molecule has 0 amide bonds. The van der Waals surface area contributed by atoms with Crippen molar-refractivity contribution >= 4 is 30.9 Å². The number of rotatable bonds is 7. The zero-order valence-corrected chi connectivity index (χ0v) is 23.0. The first-order valence-corrected chi connectivity index (χ1v) is 15.6. The molecule has 0 aliphatic carbocycles. The van der Waals surface area contributed by atoms with Crippen LogP contribution < -0.4 is 4.74 Å². The smallest absolute Gasteiger partial charge is 0.268 e. The van der Waals surface area contributed by atoms with Crippen LogP contribution in [-0.2, 0) is 39.6 Å². The van der Waals surface area contributed by atoms with Crippen LogP contribution in [0.3, 0.4) is 0 Å². The Hall–Kier alpha value is -4.12. The van der Waals surface area contributed by atoms with Crippen molar-refractivity contribution in [3.8, 4) is 11.5 Å². The number of benzene rings is 4. The predicted octanol–water partition coefficient (Wildman–Crippen LogP) is 4.91. The summed E-state index contributed by atoms with van der Waals surface area (Å²) >= 11 is 0. The van der Waals surface area contributed by atoms with E-state index >= 15 is 0 Å². The number of aromatic nitrogens is 1. The van der Waals surface area contributed by atoms with Crippen LogP contribution in [0.2, 0.25) is 0 Å². The minimum Gasteiger partial charge on any atom is -0.504 e. The maximum atomic E-state index is 14.1. The van der Waals surface area contributed by atoms with E-state index in [1.54, 1.807) is 36.4 Å². The van der Waals surface area contributed by atoms with Crippen molar-refractivity contribution < 1.29 is 26.7 Å². The number of ether oxygens (including phenoxy) is 1. The van der Waals surface area contributed by atoms with Gasteiger partial charge in [-0.3, -0.25) is 0 Å². The summed E-state index contributed by atoms with van der Waals surface area (Å²) in [6, 6.07) is 28.5. The molecule has 1 aliphatic rings. The summed E-state index contributed by atoms with van der Waals surface area (Å²) in [6.07, 6.45) is 0.277. The van der Waals surface area contributed by atoms with Crippen LogP contribution in [0.1, 0.15) is 16.8 Å². The topological polar surface area (TPSA) is 106 Å². The van der Waals surface area contributed by atoms with Gasteiger partial charge in [0.05, 0.1) is 27.5 Å². The lowest BCUT2D eigenvalue weighted by molar-refractivity contribution is 0.289. The van der Waals surface area contributed by atoms with Gasteiger partial charge in [-0.1, -0.05) is 66.7 Å². The van der Waals surface area contributed by atoms with Crippen LogP contribution in [0, 0.1) is 0 Å². The normalized spacial score (nSPS) is 14.2. The van der Waals surface area contributed by atoms with Crippen molar-refractivity contribution in [2.75, 3.05) is 6.54 Å². The minimum absolute atomic E-state index is 0.0672. The molecule has 4 aromatic carbocycles. The first-order valence-electron chi connectivity index (χ1n) is 12.7. The third-order valence-corrected chi connectivity index (χ3v) is 10.7. The number of aromatic hydroxyl groups is 1. The molecule has 0 bridgehead atoms. The first-order chi connectivity index (χ1) is 19.3. The SMILES string of the molecule is O=S(=O)(c1ccccc1)N1CCc2c(n(S(=O)(=O)c3ccccc3)c3cc(OCc4ccccc4)c(O)cc23)C1. The molecule has 0 radical (unpaired) electrons. The molecule has 1 aromatic heterocycles. The van der Waals surface area contributed by atoms with Crippen LogP contribution in [-0.4, -0.2) is 36.8 Å². The average Bonchev–Trinajstić information content (AvgIpc) is 3.30. The molecule has 0 spiro atoms. The second-order valence-corrected chi connectivity index (χ2v) is 13.2. The molecule has 1 aliphatic heterocycles. The molecule has 0 atom stereocenters. The highest BCUT2D eigenvalue weighted by molar-refractivity contribution is 7.90. The fourth-order valence-corrected chi connectivity index (χ4v) is 8.09. The zero-order chi connectivity index (χ0) is 27.9. The average molecular weight is 575 g/mol. The molecule has 10 heteroatoms. The summed E-state index contributed by atoms with van der Waals surface area (Å²) in [4.78, 5) is 0.207. The highest BCUT2D eigenvalue weighted by Crippen LogP contribution is 2.40. The molecule has 2 heterocycles. The zero-order valence-electron chi connectivity index (χ0n) is 21.3. The quantitative estimate of drug-likeness (QED) is 0.296. The van der Waals surface area contributed by atoms with Gasteiger partial charge in [0, 0.05) is 18.0 Å². The molecule has 5 aromatic rings. The van der Waals surface area contributed by atoms with E-state index in [1.165, 1.54) is 44.7 Å². The van der Waals surface area contributed by atoms with Gasteiger partial charge in [0.1, 0.15) is 6.61 Å². The van der Waals surface area contributed by atoms with Crippen LogP contribution in [0.25, 0.3) is 10.9 Å². The molecule has 0 saturated carbocycles. The Labute approximate surface area is 232 Å². The summed E-state index contributed by atoms with van der Waals surface area (Å²) < 4.78 is 63.5. The molecule has 204 valence electrons. The number of hydrogen-bond acceptors (Lipinski definition) is 6. The Morgan fingerprint density at radius 1 is 0.750 bits per heavy atom. The van der Waals surface area contributed by atoms with Crippen molar-refractivity contribution in [1.29, 1.82) is 0 Å². The van der Waals surface area contributed by atoms with E-state index in [-0.39, 0.29) is 47.4 Å². The molecule has 0 saturated heterocycles. The number of fused-ring (bicyclic) bond motifs is 3. The fraction of sp³-hybridized carbons (Fsp3) is 0.133. The maximum absolute atomic E-state index is 14.1. The van der Waals surface area contributed by atoms with Gasteiger partial charge in [0.25, 0.3) is 10.0 Å². The van der Waals surface area contributed by atoms with Gasteiger partial charge < -0.3 is 9.84 Å². The second-order valence-electron chi connectivity index (χ2n) is 9.52. The number of nitrogens with zero attached hydrogens (tertiary/aromatic N) is 2. The van der Waals surface area contributed by atoms with Gasteiger partial charge in [0.2, 0.25) is 10.0 Å². The fourth-order valence-electron chi connectivity index (χ4n) is 5.08. The third-order valence-electron chi connectivity index (χ3n) is 7.05. The van der Waals surface area contributed by atoms with E-state index in [2.05, 4.69) is 0 Å². The van der Waals surface area contributed by atoms with Crippen molar-refractivity contribution in [1.82, 2.24) is 8.28 Å². The standard InChI is InChI=1S/C30H26N2O6S2/c33-29-18-26-25-16-17-31(39(34,35)23-12-6-2-7-13-23)20-28(25)32(40(36,37)24-14-8-3-9-15-24)27(26)19-30(29)38-21-22-10-4-1-5-11-22/h1-15,18-19,33H,16-17,20-21H2.